The number of pyridine rings is 1. The predicted molar refractivity (Wildman–Crippen MR) is 147 cm³/mol. The average Bonchev–Trinajstić information content (AvgIpc) is 3.27. The summed E-state index contributed by atoms with van der Waals surface area (Å²) in [5, 5.41) is 2.83. The average molecular weight is 576 g/mol. The minimum absolute atomic E-state index is 0.138. The number of aromatic nitrogens is 1. The fourth-order valence-electron chi connectivity index (χ4n) is 4.22. The number of halogens is 1. The molecule has 2 amide bonds. The Kier molecular flexibility index (Phi) is 7.16. The van der Waals surface area contributed by atoms with Crippen LogP contribution in [0.3, 0.4) is 0 Å². The van der Waals surface area contributed by atoms with Crippen molar-refractivity contribution in [2.24, 2.45) is 0 Å². The number of carbonyl (C=O) groups excluding carboxylic acids is 3. The molecular formula is C28H22BrN3O4S. The monoisotopic (exact) mass is 575 g/mol. The SMILES string of the molecule is CCOC(=O)c1cc2c(s1)-c1ccccc1N(C(=O)c1ccc(NC(=O)c3cccnc3Br)cc1)CC2. The summed E-state index contributed by atoms with van der Waals surface area (Å²) in [6.07, 6.45) is 2.21. The van der Waals surface area contributed by atoms with Crippen LogP contribution in [0.1, 0.15) is 42.9 Å². The number of amides is 2. The van der Waals surface area contributed by atoms with Gasteiger partial charge in [0.25, 0.3) is 11.8 Å². The summed E-state index contributed by atoms with van der Waals surface area (Å²) in [7, 11) is 0. The smallest absolute Gasteiger partial charge is 0.348 e. The number of thiophene rings is 1. The number of para-hydroxylation sites is 1. The Bertz CT molecular complexity index is 1500. The summed E-state index contributed by atoms with van der Waals surface area (Å²) >= 11 is 4.68. The van der Waals surface area contributed by atoms with Gasteiger partial charge in [0.1, 0.15) is 9.48 Å². The van der Waals surface area contributed by atoms with Crippen LogP contribution in [-0.2, 0) is 11.2 Å². The number of esters is 1. The van der Waals surface area contributed by atoms with Gasteiger partial charge >= 0.3 is 5.97 Å². The zero-order valence-electron chi connectivity index (χ0n) is 19.9. The lowest BCUT2D eigenvalue weighted by atomic mass is 10.1. The summed E-state index contributed by atoms with van der Waals surface area (Å²) in [5.41, 5.74) is 4.23. The molecule has 0 atom stereocenters. The lowest BCUT2D eigenvalue weighted by Crippen LogP contribution is -2.32. The highest BCUT2D eigenvalue weighted by atomic mass is 79.9. The number of carbonyl (C=O) groups is 3. The molecular weight excluding hydrogens is 554 g/mol. The van der Waals surface area contributed by atoms with Gasteiger partial charge in [-0.25, -0.2) is 9.78 Å². The molecule has 0 bridgehead atoms. The second-order valence-electron chi connectivity index (χ2n) is 8.28. The highest BCUT2D eigenvalue weighted by Crippen LogP contribution is 2.42. The molecule has 4 aromatic rings. The lowest BCUT2D eigenvalue weighted by Gasteiger charge is -2.23. The Morgan fingerprint density at radius 2 is 1.86 bits per heavy atom. The van der Waals surface area contributed by atoms with E-state index in [1.165, 1.54) is 11.3 Å². The van der Waals surface area contributed by atoms with Crippen molar-refractivity contribution in [2.75, 3.05) is 23.4 Å². The van der Waals surface area contributed by atoms with E-state index in [2.05, 4.69) is 26.2 Å². The minimum Gasteiger partial charge on any atom is -0.462 e. The van der Waals surface area contributed by atoms with Gasteiger partial charge < -0.3 is 15.0 Å². The van der Waals surface area contributed by atoms with E-state index in [9.17, 15) is 14.4 Å². The molecule has 1 N–H and O–H groups in total. The molecule has 2 aromatic heterocycles. The number of fused-ring (bicyclic) bond motifs is 3. The van der Waals surface area contributed by atoms with Crippen LogP contribution in [0.5, 0.6) is 0 Å². The Morgan fingerprint density at radius 3 is 2.62 bits per heavy atom. The van der Waals surface area contributed by atoms with Crippen molar-refractivity contribution in [3.8, 4) is 10.4 Å². The van der Waals surface area contributed by atoms with Crippen LogP contribution < -0.4 is 10.2 Å². The Hall–Kier alpha value is -3.82. The van der Waals surface area contributed by atoms with Crippen LogP contribution in [-0.4, -0.2) is 35.9 Å². The van der Waals surface area contributed by atoms with Gasteiger partial charge in [-0.3, -0.25) is 9.59 Å². The second kappa shape index (κ2) is 10.7. The normalized spacial score (nSPS) is 12.2. The van der Waals surface area contributed by atoms with Crippen LogP contribution in [0.15, 0.2) is 77.5 Å². The van der Waals surface area contributed by atoms with Crippen molar-refractivity contribution in [1.82, 2.24) is 4.98 Å². The maximum absolute atomic E-state index is 13.6. The van der Waals surface area contributed by atoms with Gasteiger partial charge in [-0.15, -0.1) is 11.3 Å². The van der Waals surface area contributed by atoms with Gasteiger partial charge in [0.05, 0.1) is 17.9 Å². The highest BCUT2D eigenvalue weighted by Gasteiger charge is 2.27. The molecule has 0 saturated heterocycles. The molecule has 0 spiro atoms. The number of hydrogen-bond donors (Lipinski definition) is 1. The maximum Gasteiger partial charge on any atom is 0.348 e. The first kappa shape index (κ1) is 24.9. The van der Waals surface area contributed by atoms with Crippen LogP contribution in [0.4, 0.5) is 11.4 Å². The molecule has 5 rings (SSSR count). The van der Waals surface area contributed by atoms with Gasteiger partial charge in [0.2, 0.25) is 0 Å². The fourth-order valence-corrected chi connectivity index (χ4v) is 5.78. The Morgan fingerprint density at radius 1 is 1.08 bits per heavy atom. The zero-order valence-corrected chi connectivity index (χ0v) is 22.3. The van der Waals surface area contributed by atoms with Crippen LogP contribution in [0, 0.1) is 0 Å². The number of hydrogen-bond acceptors (Lipinski definition) is 6. The number of rotatable bonds is 5. The van der Waals surface area contributed by atoms with Gasteiger partial charge in [0.15, 0.2) is 0 Å². The van der Waals surface area contributed by atoms with Crippen molar-refractivity contribution in [3.05, 3.63) is 99.1 Å². The van der Waals surface area contributed by atoms with Crippen LogP contribution in [0.2, 0.25) is 0 Å². The minimum atomic E-state index is -0.325. The number of nitrogens with zero attached hydrogens (tertiary/aromatic N) is 2. The number of nitrogens with one attached hydrogen (secondary N) is 1. The first-order valence-electron chi connectivity index (χ1n) is 11.7. The number of anilines is 2. The van der Waals surface area contributed by atoms with Gasteiger partial charge in [0, 0.05) is 34.4 Å². The van der Waals surface area contributed by atoms with Crippen LogP contribution in [0.25, 0.3) is 10.4 Å². The van der Waals surface area contributed by atoms with E-state index >= 15 is 0 Å². The molecule has 0 saturated carbocycles. The fraction of sp³-hybridized carbons (Fsp3) is 0.143. The zero-order chi connectivity index (χ0) is 25.9. The van der Waals surface area contributed by atoms with E-state index in [1.54, 1.807) is 54.4 Å². The maximum atomic E-state index is 13.6. The molecule has 0 aliphatic carbocycles. The topological polar surface area (TPSA) is 88.6 Å². The summed E-state index contributed by atoms with van der Waals surface area (Å²) in [6, 6.07) is 19.8. The Labute approximate surface area is 226 Å². The third kappa shape index (κ3) is 5.05. The van der Waals surface area contributed by atoms with E-state index in [0.29, 0.717) is 45.9 Å². The predicted octanol–water partition coefficient (Wildman–Crippen LogP) is 6.20. The molecule has 2 aromatic carbocycles. The molecule has 0 radical (unpaired) electrons. The molecule has 1 aliphatic heterocycles. The van der Waals surface area contributed by atoms with E-state index in [4.69, 9.17) is 4.74 Å². The van der Waals surface area contributed by atoms with Crippen molar-refractivity contribution < 1.29 is 19.1 Å². The molecule has 0 fully saturated rings. The molecule has 3 heterocycles. The first-order chi connectivity index (χ1) is 18.0. The Balaban J connectivity index is 1.38. The van der Waals surface area contributed by atoms with Crippen molar-refractivity contribution in [3.63, 3.8) is 0 Å². The van der Waals surface area contributed by atoms with Gasteiger partial charge in [-0.05, 0) is 83.4 Å². The highest BCUT2D eigenvalue weighted by molar-refractivity contribution is 9.10. The quantitative estimate of drug-likeness (QED) is 0.226. The van der Waals surface area contributed by atoms with Crippen molar-refractivity contribution in [2.45, 2.75) is 13.3 Å². The number of ether oxygens (including phenoxy) is 1. The molecule has 9 heteroatoms. The molecule has 1 aliphatic rings. The van der Waals surface area contributed by atoms with E-state index in [0.717, 1.165) is 21.7 Å². The molecule has 7 nitrogen and oxygen atoms in total. The van der Waals surface area contributed by atoms with Gasteiger partial charge in [-0.2, -0.15) is 0 Å². The van der Waals surface area contributed by atoms with E-state index in [1.807, 2.05) is 30.3 Å². The van der Waals surface area contributed by atoms with Crippen molar-refractivity contribution >= 4 is 56.4 Å². The summed E-state index contributed by atoms with van der Waals surface area (Å²) in [4.78, 5) is 45.9. The summed E-state index contributed by atoms with van der Waals surface area (Å²) in [6.45, 7) is 2.58. The van der Waals surface area contributed by atoms with Crippen LogP contribution >= 0.6 is 27.3 Å². The standard InChI is InChI=1S/C28H22BrN3O4S/c1-2-36-28(35)23-16-18-13-15-32(22-8-4-3-6-20(22)24(18)37-23)27(34)17-9-11-19(12-10-17)31-26(33)21-7-5-14-30-25(21)29/h3-12,14,16H,2,13,15H2,1H3,(H,31,33). The summed E-state index contributed by atoms with van der Waals surface area (Å²) < 4.78 is 5.64. The second-order valence-corrected chi connectivity index (χ2v) is 10.1. The summed E-state index contributed by atoms with van der Waals surface area (Å²) in [5.74, 6) is -0.760. The molecule has 37 heavy (non-hydrogen) atoms. The largest absolute Gasteiger partial charge is 0.462 e. The van der Waals surface area contributed by atoms with E-state index < -0.39 is 0 Å². The lowest BCUT2D eigenvalue weighted by molar-refractivity contribution is 0.0531. The molecule has 0 unspecified atom stereocenters. The first-order valence-corrected chi connectivity index (χ1v) is 13.3. The van der Waals surface area contributed by atoms with Gasteiger partial charge in [-0.1, -0.05) is 18.2 Å². The van der Waals surface area contributed by atoms with E-state index in [-0.39, 0.29) is 17.8 Å². The van der Waals surface area contributed by atoms with Crippen molar-refractivity contribution in [1.29, 1.82) is 0 Å². The third-order valence-electron chi connectivity index (χ3n) is 5.97. The number of benzene rings is 2. The third-order valence-corrected chi connectivity index (χ3v) is 7.79. The molecule has 186 valence electrons.